The minimum absolute atomic E-state index is 0.186. The van der Waals surface area contributed by atoms with Crippen molar-refractivity contribution in [3.8, 4) is 16.9 Å². The molecular formula is C15H14ClNO. The Kier molecular flexibility index (Phi) is 2.77. The second-order valence-corrected chi connectivity index (χ2v) is 5.26. The van der Waals surface area contributed by atoms with E-state index in [0.29, 0.717) is 17.0 Å². The molecule has 2 aromatic rings. The zero-order valence-electron chi connectivity index (χ0n) is 9.81. The topological polar surface area (TPSA) is 46.2 Å². The monoisotopic (exact) mass is 259 g/mol. The molecule has 18 heavy (non-hydrogen) atoms. The van der Waals surface area contributed by atoms with E-state index in [2.05, 4.69) is 12.1 Å². The van der Waals surface area contributed by atoms with Crippen LogP contribution in [0.2, 0.25) is 5.02 Å². The van der Waals surface area contributed by atoms with Gasteiger partial charge in [0, 0.05) is 17.0 Å². The number of benzene rings is 2. The molecule has 0 heterocycles. The van der Waals surface area contributed by atoms with E-state index < -0.39 is 0 Å². The number of nitrogens with two attached hydrogens (primary N) is 1. The van der Waals surface area contributed by atoms with E-state index in [-0.39, 0.29) is 5.75 Å². The predicted octanol–water partition coefficient (Wildman–Crippen LogP) is 3.53. The number of phenols is 1. The summed E-state index contributed by atoms with van der Waals surface area (Å²) < 4.78 is 0. The first-order valence-electron chi connectivity index (χ1n) is 5.99. The highest BCUT2D eigenvalue weighted by molar-refractivity contribution is 6.31. The quantitative estimate of drug-likeness (QED) is 0.867. The molecule has 0 bridgehead atoms. The van der Waals surface area contributed by atoms with Gasteiger partial charge in [-0.15, -0.1) is 0 Å². The number of hydrogen-bond donors (Lipinski definition) is 2. The summed E-state index contributed by atoms with van der Waals surface area (Å²) in [6.07, 6.45) is 1.08. The minimum atomic E-state index is 0.186. The van der Waals surface area contributed by atoms with Gasteiger partial charge in [-0.3, -0.25) is 0 Å². The Morgan fingerprint density at radius 3 is 2.28 bits per heavy atom. The number of phenolic OH excluding ortho intramolecular Hbond substituents is 1. The molecule has 92 valence electrons. The van der Waals surface area contributed by atoms with Crippen LogP contribution in [0, 0.1) is 0 Å². The van der Waals surface area contributed by atoms with E-state index >= 15 is 0 Å². The van der Waals surface area contributed by atoms with Crippen molar-refractivity contribution in [3.63, 3.8) is 0 Å². The lowest BCUT2D eigenvalue weighted by Crippen LogP contribution is -2.00. The standard InChI is InChI=1S/C15H14ClNO/c16-12-5-11(6-13(18)7-12)9-1-3-10(4-2-9)14-8-15(14)17/h1-7,14-15,18H,8,17H2/t14-,15+/m0/s1. The van der Waals surface area contributed by atoms with Crippen molar-refractivity contribution in [1.82, 2.24) is 0 Å². The van der Waals surface area contributed by atoms with E-state index in [1.54, 1.807) is 6.07 Å². The van der Waals surface area contributed by atoms with Crippen LogP contribution >= 0.6 is 11.6 Å². The van der Waals surface area contributed by atoms with Crippen LogP contribution in [0.15, 0.2) is 42.5 Å². The van der Waals surface area contributed by atoms with Gasteiger partial charge in [-0.05, 0) is 41.3 Å². The summed E-state index contributed by atoms with van der Waals surface area (Å²) in [4.78, 5) is 0. The highest BCUT2D eigenvalue weighted by Crippen LogP contribution is 2.39. The molecule has 2 aromatic carbocycles. The van der Waals surface area contributed by atoms with Crippen LogP contribution in [-0.4, -0.2) is 11.1 Å². The van der Waals surface area contributed by atoms with Gasteiger partial charge in [0.2, 0.25) is 0 Å². The van der Waals surface area contributed by atoms with Gasteiger partial charge in [-0.2, -0.15) is 0 Å². The molecule has 0 aromatic heterocycles. The van der Waals surface area contributed by atoms with Gasteiger partial charge in [0.05, 0.1) is 0 Å². The van der Waals surface area contributed by atoms with Gasteiger partial charge in [0.1, 0.15) is 5.75 Å². The van der Waals surface area contributed by atoms with Crippen LogP contribution in [-0.2, 0) is 0 Å². The van der Waals surface area contributed by atoms with E-state index in [4.69, 9.17) is 17.3 Å². The highest BCUT2D eigenvalue weighted by Gasteiger charge is 2.34. The zero-order valence-corrected chi connectivity index (χ0v) is 10.6. The average Bonchev–Trinajstić information content (AvgIpc) is 3.05. The van der Waals surface area contributed by atoms with Crippen molar-refractivity contribution in [2.45, 2.75) is 18.4 Å². The Labute approximate surface area is 111 Å². The van der Waals surface area contributed by atoms with Gasteiger partial charge in [0.25, 0.3) is 0 Å². The molecule has 3 N–H and O–H groups in total. The van der Waals surface area contributed by atoms with E-state index in [1.807, 2.05) is 18.2 Å². The molecule has 3 heteroatoms. The molecular weight excluding hydrogens is 246 g/mol. The lowest BCUT2D eigenvalue weighted by Gasteiger charge is -2.05. The number of hydrogen-bond acceptors (Lipinski definition) is 2. The van der Waals surface area contributed by atoms with Gasteiger partial charge >= 0.3 is 0 Å². The van der Waals surface area contributed by atoms with E-state index in [1.165, 1.54) is 11.6 Å². The Morgan fingerprint density at radius 2 is 1.72 bits per heavy atom. The Balaban J connectivity index is 1.92. The fourth-order valence-electron chi connectivity index (χ4n) is 2.26. The molecule has 1 aliphatic rings. The Hall–Kier alpha value is -1.51. The van der Waals surface area contributed by atoms with Crippen LogP contribution in [0.5, 0.6) is 5.75 Å². The van der Waals surface area contributed by atoms with Crippen molar-refractivity contribution in [2.24, 2.45) is 5.73 Å². The van der Waals surface area contributed by atoms with Crippen LogP contribution in [0.1, 0.15) is 17.9 Å². The fraction of sp³-hybridized carbons (Fsp3) is 0.200. The maximum Gasteiger partial charge on any atom is 0.117 e. The third kappa shape index (κ3) is 2.22. The van der Waals surface area contributed by atoms with E-state index in [9.17, 15) is 5.11 Å². The van der Waals surface area contributed by atoms with Gasteiger partial charge in [-0.25, -0.2) is 0 Å². The van der Waals surface area contributed by atoms with Crippen LogP contribution in [0.4, 0.5) is 0 Å². The molecule has 0 amide bonds. The van der Waals surface area contributed by atoms with Gasteiger partial charge in [-0.1, -0.05) is 35.9 Å². The summed E-state index contributed by atoms with van der Waals surface area (Å²) >= 11 is 5.93. The second-order valence-electron chi connectivity index (χ2n) is 4.83. The number of halogens is 1. The maximum atomic E-state index is 9.54. The summed E-state index contributed by atoms with van der Waals surface area (Å²) in [6.45, 7) is 0. The highest BCUT2D eigenvalue weighted by atomic mass is 35.5. The second kappa shape index (κ2) is 4.30. The first-order valence-corrected chi connectivity index (χ1v) is 6.37. The zero-order chi connectivity index (χ0) is 12.7. The molecule has 0 spiro atoms. The van der Waals surface area contributed by atoms with Gasteiger partial charge < -0.3 is 10.8 Å². The molecule has 2 atom stereocenters. The summed E-state index contributed by atoms with van der Waals surface area (Å²) in [5.74, 6) is 0.706. The third-order valence-electron chi connectivity index (χ3n) is 3.39. The van der Waals surface area contributed by atoms with Crippen molar-refractivity contribution in [2.75, 3.05) is 0 Å². The van der Waals surface area contributed by atoms with Crippen molar-refractivity contribution < 1.29 is 5.11 Å². The van der Waals surface area contributed by atoms with Crippen molar-refractivity contribution >= 4 is 11.6 Å². The minimum Gasteiger partial charge on any atom is -0.508 e. The maximum absolute atomic E-state index is 9.54. The molecule has 0 unspecified atom stereocenters. The summed E-state index contributed by atoms with van der Waals surface area (Å²) in [5.41, 5.74) is 9.10. The SMILES string of the molecule is N[C@@H]1C[C@H]1c1ccc(-c2cc(O)cc(Cl)c2)cc1. The number of aromatic hydroxyl groups is 1. The molecule has 0 saturated heterocycles. The van der Waals surface area contributed by atoms with Crippen LogP contribution in [0.25, 0.3) is 11.1 Å². The van der Waals surface area contributed by atoms with Crippen molar-refractivity contribution in [1.29, 1.82) is 0 Å². The smallest absolute Gasteiger partial charge is 0.117 e. The fourth-order valence-corrected chi connectivity index (χ4v) is 2.49. The average molecular weight is 260 g/mol. The predicted molar refractivity (Wildman–Crippen MR) is 73.9 cm³/mol. The summed E-state index contributed by atoms with van der Waals surface area (Å²) in [7, 11) is 0. The lowest BCUT2D eigenvalue weighted by atomic mass is 10.0. The summed E-state index contributed by atoms with van der Waals surface area (Å²) in [5, 5.41) is 10.1. The van der Waals surface area contributed by atoms with Crippen molar-refractivity contribution in [3.05, 3.63) is 53.1 Å². The molecule has 2 nitrogen and oxygen atoms in total. The third-order valence-corrected chi connectivity index (χ3v) is 3.61. The van der Waals surface area contributed by atoms with E-state index in [0.717, 1.165) is 17.5 Å². The molecule has 1 saturated carbocycles. The molecule has 1 fully saturated rings. The van der Waals surface area contributed by atoms with Crippen LogP contribution in [0.3, 0.4) is 0 Å². The summed E-state index contributed by atoms with van der Waals surface area (Å²) in [6, 6.07) is 13.7. The Bertz CT molecular complexity index is 559. The first kappa shape index (κ1) is 11.6. The molecule has 1 aliphatic carbocycles. The largest absolute Gasteiger partial charge is 0.508 e. The normalized spacial score (nSPS) is 21.9. The van der Waals surface area contributed by atoms with Gasteiger partial charge in [0.15, 0.2) is 0 Å². The molecule has 0 aliphatic heterocycles. The molecule has 3 rings (SSSR count). The van der Waals surface area contributed by atoms with Crippen LogP contribution < -0.4 is 5.73 Å². The number of rotatable bonds is 2. The Morgan fingerprint density at radius 1 is 1.06 bits per heavy atom. The molecule has 0 radical (unpaired) electrons. The lowest BCUT2D eigenvalue weighted by molar-refractivity contribution is 0.475. The first-order chi connectivity index (χ1) is 8.63.